The molecule has 1 aliphatic carbocycles. The van der Waals surface area contributed by atoms with Gasteiger partial charge in [-0.25, -0.2) is 4.79 Å². The first-order chi connectivity index (χ1) is 8.04. The van der Waals surface area contributed by atoms with Crippen LogP contribution in [0.3, 0.4) is 0 Å². The Morgan fingerprint density at radius 3 is 2.76 bits per heavy atom. The van der Waals surface area contributed by atoms with E-state index >= 15 is 0 Å². The lowest BCUT2D eigenvalue weighted by Crippen LogP contribution is -2.65. The Hall–Kier alpha value is -0.610. The smallest absolute Gasteiger partial charge is 0.329 e. The fourth-order valence-electron chi connectivity index (χ4n) is 3.35. The van der Waals surface area contributed by atoms with Crippen molar-refractivity contribution in [3.63, 3.8) is 0 Å². The van der Waals surface area contributed by atoms with Crippen LogP contribution in [0.25, 0.3) is 0 Å². The van der Waals surface area contributed by atoms with Crippen molar-refractivity contribution in [3.8, 4) is 0 Å². The fourth-order valence-corrected chi connectivity index (χ4v) is 3.35. The topological polar surface area (TPSA) is 49.8 Å². The molecule has 4 nitrogen and oxygen atoms in total. The van der Waals surface area contributed by atoms with Gasteiger partial charge in [-0.2, -0.15) is 0 Å². The number of carboxylic acids is 1. The highest BCUT2D eigenvalue weighted by atomic mass is 16.5. The van der Waals surface area contributed by atoms with Crippen LogP contribution in [-0.4, -0.2) is 47.3 Å². The van der Waals surface area contributed by atoms with E-state index in [1.165, 1.54) is 25.7 Å². The first kappa shape index (κ1) is 12.8. The van der Waals surface area contributed by atoms with Gasteiger partial charge in [0.1, 0.15) is 6.61 Å². The second-order valence-corrected chi connectivity index (χ2v) is 5.70. The van der Waals surface area contributed by atoms with E-state index in [1.807, 2.05) is 6.92 Å². The van der Waals surface area contributed by atoms with Crippen molar-refractivity contribution in [2.75, 3.05) is 19.7 Å². The highest BCUT2D eigenvalue weighted by Gasteiger charge is 2.45. The first-order valence-corrected chi connectivity index (χ1v) is 6.64. The summed E-state index contributed by atoms with van der Waals surface area (Å²) >= 11 is 0. The molecule has 0 amide bonds. The van der Waals surface area contributed by atoms with Gasteiger partial charge in [-0.15, -0.1) is 0 Å². The summed E-state index contributed by atoms with van der Waals surface area (Å²) in [7, 11) is 0. The van der Waals surface area contributed by atoms with Crippen LogP contribution in [0, 0.1) is 5.92 Å². The molecule has 1 saturated carbocycles. The normalized spacial score (nSPS) is 32.4. The number of nitrogens with zero attached hydrogens (tertiary/aromatic N) is 1. The maximum Gasteiger partial charge on any atom is 0.329 e. The summed E-state index contributed by atoms with van der Waals surface area (Å²) in [5, 5.41) is 8.62. The van der Waals surface area contributed by atoms with Crippen molar-refractivity contribution < 1.29 is 14.6 Å². The van der Waals surface area contributed by atoms with Crippen LogP contribution in [0.1, 0.15) is 39.5 Å². The van der Waals surface area contributed by atoms with Crippen molar-refractivity contribution in [2.45, 2.75) is 51.2 Å². The number of hydrogen-bond acceptors (Lipinski definition) is 3. The zero-order chi connectivity index (χ0) is 12.5. The molecule has 98 valence electrons. The van der Waals surface area contributed by atoms with Crippen LogP contribution in [-0.2, 0) is 9.53 Å². The number of aliphatic carboxylic acids is 1. The lowest BCUT2D eigenvalue weighted by Gasteiger charge is -2.51. The highest BCUT2D eigenvalue weighted by molar-refractivity contribution is 5.68. The maximum absolute atomic E-state index is 10.5. The van der Waals surface area contributed by atoms with Crippen LogP contribution >= 0.6 is 0 Å². The molecule has 0 aromatic rings. The van der Waals surface area contributed by atoms with Crippen molar-refractivity contribution in [1.29, 1.82) is 0 Å². The SMILES string of the molecule is CCC1CCCC1N1CC(C)(OCC(=O)O)C1. The second-order valence-electron chi connectivity index (χ2n) is 5.70. The Balaban J connectivity index is 1.79. The average Bonchev–Trinajstić information content (AvgIpc) is 2.70. The minimum Gasteiger partial charge on any atom is -0.480 e. The standard InChI is InChI=1S/C13H23NO3/c1-3-10-5-4-6-11(10)14-8-13(2,9-14)17-7-12(15)16/h10-11H,3-9H2,1-2H3,(H,15,16). The minimum atomic E-state index is -0.878. The third-order valence-electron chi connectivity index (χ3n) is 4.23. The Labute approximate surface area is 103 Å². The van der Waals surface area contributed by atoms with Crippen LogP contribution in [0.2, 0.25) is 0 Å². The molecular weight excluding hydrogens is 218 g/mol. The van der Waals surface area contributed by atoms with Crippen LogP contribution < -0.4 is 0 Å². The van der Waals surface area contributed by atoms with Gasteiger partial charge in [0.05, 0.1) is 5.60 Å². The van der Waals surface area contributed by atoms with E-state index in [4.69, 9.17) is 9.84 Å². The lowest BCUT2D eigenvalue weighted by molar-refractivity contribution is -0.171. The van der Waals surface area contributed by atoms with Crippen LogP contribution in [0.5, 0.6) is 0 Å². The Morgan fingerprint density at radius 1 is 1.47 bits per heavy atom. The lowest BCUT2D eigenvalue weighted by atomic mass is 9.89. The van der Waals surface area contributed by atoms with Crippen molar-refractivity contribution in [1.82, 2.24) is 4.90 Å². The minimum absolute atomic E-state index is 0.174. The van der Waals surface area contributed by atoms with Crippen molar-refractivity contribution >= 4 is 5.97 Å². The Bertz CT molecular complexity index is 286. The summed E-state index contributed by atoms with van der Waals surface area (Å²) in [6.07, 6.45) is 5.25. The first-order valence-electron chi connectivity index (χ1n) is 6.64. The van der Waals surface area contributed by atoms with Gasteiger partial charge in [-0.05, 0) is 25.7 Å². The molecule has 2 atom stereocenters. The zero-order valence-electron chi connectivity index (χ0n) is 10.8. The van der Waals surface area contributed by atoms with E-state index in [1.54, 1.807) is 0 Å². The van der Waals surface area contributed by atoms with E-state index in [0.29, 0.717) is 6.04 Å². The third-order valence-corrected chi connectivity index (χ3v) is 4.23. The van der Waals surface area contributed by atoms with Crippen LogP contribution in [0.4, 0.5) is 0 Å². The summed E-state index contributed by atoms with van der Waals surface area (Å²) in [5.74, 6) is -0.0454. The summed E-state index contributed by atoms with van der Waals surface area (Å²) in [5.41, 5.74) is -0.237. The molecule has 0 radical (unpaired) electrons. The molecule has 1 aliphatic heterocycles. The molecule has 2 fully saturated rings. The molecule has 1 N–H and O–H groups in total. The van der Waals surface area contributed by atoms with E-state index in [-0.39, 0.29) is 12.2 Å². The quantitative estimate of drug-likeness (QED) is 0.796. The summed E-state index contributed by atoms with van der Waals surface area (Å²) in [4.78, 5) is 13.0. The van der Waals surface area contributed by atoms with Crippen molar-refractivity contribution in [3.05, 3.63) is 0 Å². The number of likely N-dealkylation sites (tertiary alicyclic amines) is 1. The number of carbonyl (C=O) groups is 1. The van der Waals surface area contributed by atoms with Gasteiger partial charge in [0.25, 0.3) is 0 Å². The predicted octanol–water partition coefficient (Wildman–Crippen LogP) is 1.74. The van der Waals surface area contributed by atoms with Gasteiger partial charge in [0.2, 0.25) is 0 Å². The largest absolute Gasteiger partial charge is 0.480 e. The molecule has 0 bridgehead atoms. The summed E-state index contributed by atoms with van der Waals surface area (Å²) in [6.45, 7) is 5.89. The van der Waals surface area contributed by atoms with Gasteiger partial charge in [-0.1, -0.05) is 19.8 Å². The number of rotatable bonds is 5. The zero-order valence-corrected chi connectivity index (χ0v) is 10.8. The average molecular weight is 241 g/mol. The summed E-state index contributed by atoms with van der Waals surface area (Å²) in [6, 6.07) is 0.710. The predicted molar refractivity (Wildman–Crippen MR) is 65.0 cm³/mol. The third kappa shape index (κ3) is 2.80. The maximum atomic E-state index is 10.5. The van der Waals surface area contributed by atoms with Gasteiger partial charge in [-0.3, -0.25) is 4.90 Å². The fraction of sp³-hybridized carbons (Fsp3) is 0.923. The monoisotopic (exact) mass is 241 g/mol. The molecule has 1 saturated heterocycles. The number of carboxylic acid groups (broad SMARTS) is 1. The molecule has 1 heterocycles. The molecule has 0 aromatic heterocycles. The van der Waals surface area contributed by atoms with E-state index in [9.17, 15) is 4.79 Å². The second kappa shape index (κ2) is 4.94. The molecule has 17 heavy (non-hydrogen) atoms. The molecular formula is C13H23NO3. The summed E-state index contributed by atoms with van der Waals surface area (Å²) < 4.78 is 5.44. The molecule has 2 aliphatic rings. The molecule has 0 aromatic carbocycles. The van der Waals surface area contributed by atoms with E-state index < -0.39 is 5.97 Å². The van der Waals surface area contributed by atoms with E-state index in [2.05, 4.69) is 11.8 Å². The Kier molecular flexibility index (Phi) is 3.73. The Morgan fingerprint density at radius 2 is 2.18 bits per heavy atom. The highest BCUT2D eigenvalue weighted by Crippen LogP contribution is 2.37. The number of hydrogen-bond donors (Lipinski definition) is 1. The van der Waals surface area contributed by atoms with E-state index in [0.717, 1.165) is 19.0 Å². The van der Waals surface area contributed by atoms with Gasteiger partial charge < -0.3 is 9.84 Å². The molecule has 2 unspecified atom stereocenters. The van der Waals surface area contributed by atoms with Gasteiger partial charge in [0.15, 0.2) is 0 Å². The van der Waals surface area contributed by atoms with Crippen molar-refractivity contribution in [2.24, 2.45) is 5.92 Å². The molecule has 4 heteroatoms. The molecule has 0 spiro atoms. The van der Waals surface area contributed by atoms with Gasteiger partial charge in [0, 0.05) is 19.1 Å². The van der Waals surface area contributed by atoms with Crippen LogP contribution in [0.15, 0.2) is 0 Å². The molecule has 2 rings (SSSR count). The number of ether oxygens (including phenoxy) is 1. The van der Waals surface area contributed by atoms with Gasteiger partial charge >= 0.3 is 5.97 Å².